The summed E-state index contributed by atoms with van der Waals surface area (Å²) in [6, 6.07) is 10.3. The molecule has 0 saturated heterocycles. The number of benzene rings is 1. The number of hydrogen-bond acceptors (Lipinski definition) is 6. The predicted molar refractivity (Wildman–Crippen MR) is 152 cm³/mol. The van der Waals surface area contributed by atoms with Crippen LogP contribution >= 0.6 is 23.1 Å². The highest BCUT2D eigenvalue weighted by Gasteiger charge is 2.40. The third-order valence-corrected chi connectivity index (χ3v) is 8.88. The van der Waals surface area contributed by atoms with E-state index in [1.807, 2.05) is 22.9 Å². The van der Waals surface area contributed by atoms with Crippen LogP contribution in [0.1, 0.15) is 59.7 Å². The lowest BCUT2D eigenvalue weighted by Crippen LogP contribution is -2.42. The molecule has 0 saturated carbocycles. The fourth-order valence-corrected chi connectivity index (χ4v) is 6.69. The summed E-state index contributed by atoms with van der Waals surface area (Å²) in [6.07, 6.45) is 0.715. The third-order valence-electron chi connectivity index (χ3n) is 6.55. The molecular weight excluding hydrogens is 504 g/mol. The number of aromatic nitrogens is 2. The van der Waals surface area contributed by atoms with Gasteiger partial charge in [-0.05, 0) is 48.9 Å². The number of hydrogen-bond donors (Lipinski definition) is 1. The topological polar surface area (TPSA) is 76.5 Å². The Balaban J connectivity index is 1.92. The molecule has 0 bridgehead atoms. The first-order valence-corrected chi connectivity index (χ1v) is 14.5. The van der Waals surface area contributed by atoms with Crippen molar-refractivity contribution in [2.24, 2.45) is 0 Å². The van der Waals surface area contributed by atoms with E-state index in [1.165, 1.54) is 4.88 Å². The Morgan fingerprint density at radius 3 is 2.68 bits per heavy atom. The lowest BCUT2D eigenvalue weighted by Gasteiger charge is -2.24. The fourth-order valence-electron chi connectivity index (χ4n) is 4.52. The molecule has 0 spiro atoms. The van der Waals surface area contributed by atoms with Crippen molar-refractivity contribution in [3.05, 3.63) is 63.0 Å². The first-order chi connectivity index (χ1) is 17.6. The van der Waals surface area contributed by atoms with E-state index in [-0.39, 0.29) is 34.8 Å². The van der Waals surface area contributed by atoms with Gasteiger partial charge in [-0.2, -0.15) is 5.10 Å². The minimum absolute atomic E-state index is 0.0539. The quantitative estimate of drug-likeness (QED) is 0.399. The smallest absolute Gasteiger partial charge is 0.240 e. The monoisotopic (exact) mass is 540 g/mol. The minimum Gasteiger partial charge on any atom is -0.385 e. The minimum atomic E-state index is -0.273. The molecule has 0 unspecified atom stereocenters. The van der Waals surface area contributed by atoms with E-state index in [9.17, 15) is 9.59 Å². The van der Waals surface area contributed by atoms with Gasteiger partial charge in [-0.1, -0.05) is 39.0 Å². The summed E-state index contributed by atoms with van der Waals surface area (Å²) in [5.41, 5.74) is 4.83. The van der Waals surface area contributed by atoms with Gasteiger partial charge in [0.15, 0.2) is 0 Å². The fraction of sp³-hybridized carbons (Fsp3) is 0.464. The highest BCUT2D eigenvalue weighted by Crippen LogP contribution is 2.49. The molecular formula is C28H36N4O3S2. The Morgan fingerprint density at radius 1 is 1.22 bits per heavy atom. The SMILES string of the molecule is COCCCNC(=O)CN1C(=O)CS[C@@H](c2cccs2)c2c(C(C)(C)C)nn(-c3cccc(C)c3C)c21. The first-order valence-electron chi connectivity index (χ1n) is 12.5. The van der Waals surface area contributed by atoms with Crippen LogP contribution in [0.2, 0.25) is 0 Å². The number of amides is 2. The summed E-state index contributed by atoms with van der Waals surface area (Å²) in [5, 5.41) is 10.1. The number of thiophene rings is 1. The first kappa shape index (κ1) is 27.4. The van der Waals surface area contributed by atoms with E-state index in [2.05, 4.69) is 57.4 Å². The molecule has 9 heteroatoms. The lowest BCUT2D eigenvalue weighted by molar-refractivity contribution is -0.122. The zero-order valence-corrected chi connectivity index (χ0v) is 24.1. The molecule has 1 aliphatic heterocycles. The van der Waals surface area contributed by atoms with E-state index in [1.54, 1.807) is 35.1 Å². The average molecular weight is 541 g/mol. The maximum Gasteiger partial charge on any atom is 0.240 e. The zero-order valence-electron chi connectivity index (χ0n) is 22.5. The summed E-state index contributed by atoms with van der Waals surface area (Å²) in [5.74, 6) is 0.689. The molecule has 0 radical (unpaired) electrons. The molecule has 3 aromatic rings. The Hall–Kier alpha value is -2.62. The molecule has 1 atom stereocenters. The number of ether oxygens (including phenoxy) is 1. The van der Waals surface area contributed by atoms with Crippen molar-refractivity contribution in [1.29, 1.82) is 0 Å². The number of nitrogens with zero attached hydrogens (tertiary/aromatic N) is 3. The van der Waals surface area contributed by atoms with Crippen LogP contribution in [-0.2, 0) is 19.7 Å². The Morgan fingerprint density at radius 2 is 2.00 bits per heavy atom. The molecule has 7 nitrogen and oxygen atoms in total. The number of methoxy groups -OCH3 is 1. The molecule has 37 heavy (non-hydrogen) atoms. The van der Waals surface area contributed by atoms with Gasteiger partial charge in [0.1, 0.15) is 12.4 Å². The van der Waals surface area contributed by atoms with E-state index < -0.39 is 0 Å². The second-order valence-corrected chi connectivity index (χ2v) is 12.4. The van der Waals surface area contributed by atoms with Crippen molar-refractivity contribution in [2.45, 2.75) is 51.7 Å². The van der Waals surface area contributed by atoms with Crippen LogP contribution in [0.3, 0.4) is 0 Å². The normalized spacial score (nSPS) is 16.0. The van der Waals surface area contributed by atoms with Crippen molar-refractivity contribution in [3.8, 4) is 5.69 Å². The van der Waals surface area contributed by atoms with Crippen molar-refractivity contribution in [3.63, 3.8) is 0 Å². The van der Waals surface area contributed by atoms with Gasteiger partial charge in [0.05, 0.1) is 22.4 Å². The van der Waals surface area contributed by atoms with E-state index >= 15 is 0 Å². The molecule has 2 aromatic heterocycles. The summed E-state index contributed by atoms with van der Waals surface area (Å²) >= 11 is 3.30. The van der Waals surface area contributed by atoms with E-state index in [4.69, 9.17) is 9.84 Å². The average Bonchev–Trinajstić information content (AvgIpc) is 3.49. The molecule has 1 N–H and O–H groups in total. The molecule has 1 aliphatic rings. The Kier molecular flexibility index (Phi) is 8.46. The highest BCUT2D eigenvalue weighted by atomic mass is 32.2. The zero-order chi connectivity index (χ0) is 26.7. The summed E-state index contributed by atoms with van der Waals surface area (Å²) in [6.45, 7) is 11.6. The van der Waals surface area contributed by atoms with Crippen molar-refractivity contribution >= 4 is 40.7 Å². The van der Waals surface area contributed by atoms with Gasteiger partial charge >= 0.3 is 0 Å². The number of carbonyl (C=O) groups is 2. The van der Waals surface area contributed by atoms with Crippen LogP contribution < -0.4 is 10.2 Å². The molecule has 2 amide bonds. The molecule has 1 aromatic carbocycles. The van der Waals surface area contributed by atoms with Crippen molar-refractivity contribution < 1.29 is 14.3 Å². The van der Waals surface area contributed by atoms with Gasteiger partial charge in [-0.25, -0.2) is 4.68 Å². The van der Waals surface area contributed by atoms with Gasteiger partial charge in [-0.3, -0.25) is 14.5 Å². The summed E-state index contributed by atoms with van der Waals surface area (Å²) in [7, 11) is 1.64. The van der Waals surface area contributed by atoms with Gasteiger partial charge in [0, 0.05) is 36.1 Å². The van der Waals surface area contributed by atoms with Crippen LogP contribution in [-0.4, -0.2) is 54.2 Å². The maximum atomic E-state index is 13.7. The number of anilines is 1. The number of carbonyl (C=O) groups excluding carboxylic acids is 2. The van der Waals surface area contributed by atoms with E-state index in [0.29, 0.717) is 25.4 Å². The van der Waals surface area contributed by atoms with Gasteiger partial charge in [0.25, 0.3) is 0 Å². The number of nitrogens with one attached hydrogen (secondary N) is 1. The number of aryl methyl sites for hydroxylation is 1. The van der Waals surface area contributed by atoms with Gasteiger partial charge in [-0.15, -0.1) is 23.1 Å². The molecule has 198 valence electrons. The van der Waals surface area contributed by atoms with E-state index in [0.717, 1.165) is 28.1 Å². The standard InChI is InChI=1S/C28H36N4O3S2/c1-18-10-7-11-20(19(18)2)32-27-24(26(30-32)28(3,4)5)25(21-12-8-15-36-21)37-17-23(34)31(27)16-22(33)29-13-9-14-35-6/h7-8,10-12,15,25H,9,13-14,16-17H2,1-6H3,(H,29,33)/t25-/m0/s1. The maximum absolute atomic E-state index is 13.7. The number of fused-ring (bicyclic) bond motifs is 1. The molecule has 4 rings (SSSR count). The molecule has 0 aliphatic carbocycles. The van der Waals surface area contributed by atoms with Gasteiger partial charge < -0.3 is 10.1 Å². The summed E-state index contributed by atoms with van der Waals surface area (Å²) in [4.78, 5) is 29.5. The van der Waals surface area contributed by atoms with Crippen LogP contribution in [0, 0.1) is 13.8 Å². The summed E-state index contributed by atoms with van der Waals surface area (Å²) < 4.78 is 7.00. The Labute approximate surface area is 227 Å². The second-order valence-electron chi connectivity index (χ2n) is 10.3. The number of rotatable bonds is 8. The largest absolute Gasteiger partial charge is 0.385 e. The highest BCUT2D eigenvalue weighted by molar-refractivity contribution is 8.00. The Bertz CT molecular complexity index is 1260. The molecule has 0 fully saturated rings. The second kappa shape index (κ2) is 11.4. The van der Waals surface area contributed by atoms with Crippen molar-refractivity contribution in [1.82, 2.24) is 15.1 Å². The van der Waals surface area contributed by atoms with Gasteiger partial charge in [0.2, 0.25) is 11.8 Å². The third kappa shape index (κ3) is 5.78. The van der Waals surface area contributed by atoms with Crippen LogP contribution in [0.5, 0.6) is 0 Å². The van der Waals surface area contributed by atoms with Crippen molar-refractivity contribution in [2.75, 3.05) is 37.5 Å². The van der Waals surface area contributed by atoms with Crippen LogP contribution in [0.15, 0.2) is 35.7 Å². The number of thioether (sulfide) groups is 1. The predicted octanol–water partition coefficient (Wildman–Crippen LogP) is 5.17. The van der Waals surface area contributed by atoms with Crippen LogP contribution in [0.4, 0.5) is 5.82 Å². The van der Waals surface area contributed by atoms with Crippen LogP contribution in [0.25, 0.3) is 5.69 Å². The molecule has 3 heterocycles. The lowest BCUT2D eigenvalue weighted by atomic mass is 9.88.